The number of hydrogen-bond acceptors (Lipinski definition) is 4. The van der Waals surface area contributed by atoms with Gasteiger partial charge >= 0.3 is 0 Å². The van der Waals surface area contributed by atoms with Crippen LogP contribution in [0.3, 0.4) is 0 Å². The van der Waals surface area contributed by atoms with Gasteiger partial charge in [0, 0.05) is 31.9 Å². The van der Waals surface area contributed by atoms with Crippen LogP contribution < -0.4 is 9.64 Å². The summed E-state index contributed by atoms with van der Waals surface area (Å²) in [7, 11) is -1.92. The van der Waals surface area contributed by atoms with E-state index in [1.54, 1.807) is 11.4 Å². The fraction of sp³-hybridized carbons (Fsp3) is 0.400. The summed E-state index contributed by atoms with van der Waals surface area (Å²) < 4.78 is 33.6. The van der Waals surface area contributed by atoms with Crippen molar-refractivity contribution >= 4 is 15.7 Å². The molecule has 1 aliphatic heterocycles. The molecule has 1 fully saturated rings. The fourth-order valence-electron chi connectivity index (χ4n) is 3.58. The number of aryl methyl sites for hydroxylation is 1. The van der Waals surface area contributed by atoms with Crippen LogP contribution in [0, 0.1) is 20.8 Å². The van der Waals surface area contributed by atoms with Gasteiger partial charge in [0.25, 0.3) is 0 Å². The van der Waals surface area contributed by atoms with Crippen molar-refractivity contribution in [2.24, 2.45) is 0 Å². The van der Waals surface area contributed by atoms with Crippen LogP contribution in [-0.2, 0) is 10.0 Å². The van der Waals surface area contributed by atoms with Crippen LogP contribution in [0.5, 0.6) is 5.75 Å². The number of methoxy groups -OCH3 is 1. The van der Waals surface area contributed by atoms with Crippen molar-refractivity contribution in [2.75, 3.05) is 38.2 Å². The molecule has 0 unspecified atom stereocenters. The van der Waals surface area contributed by atoms with Crippen molar-refractivity contribution in [3.05, 3.63) is 53.1 Å². The van der Waals surface area contributed by atoms with Gasteiger partial charge < -0.3 is 9.64 Å². The SMILES string of the molecule is COc1cc(C)c(S(=O)(=O)N2CCN(c3ccccc3)CC2)c(C)c1C. The standard InChI is InChI=1S/C20H26N2O3S/c1-15-14-19(25-4)16(2)17(3)20(15)26(23,24)22-12-10-21(11-13-22)18-8-6-5-7-9-18/h5-9,14H,10-13H2,1-4H3. The third kappa shape index (κ3) is 3.31. The normalized spacial score (nSPS) is 15.9. The van der Waals surface area contributed by atoms with Crippen LogP contribution in [0.25, 0.3) is 0 Å². The number of sulfonamides is 1. The zero-order valence-electron chi connectivity index (χ0n) is 15.8. The Hall–Kier alpha value is -2.05. The van der Waals surface area contributed by atoms with Gasteiger partial charge in [-0.05, 0) is 55.7 Å². The maximum atomic E-state index is 13.3. The van der Waals surface area contributed by atoms with Crippen LogP contribution in [0.4, 0.5) is 5.69 Å². The van der Waals surface area contributed by atoms with Crippen molar-refractivity contribution in [3.63, 3.8) is 0 Å². The van der Waals surface area contributed by atoms with E-state index in [-0.39, 0.29) is 0 Å². The number of para-hydroxylation sites is 1. The Morgan fingerprint density at radius 2 is 1.54 bits per heavy atom. The lowest BCUT2D eigenvalue weighted by Gasteiger charge is -2.36. The first-order chi connectivity index (χ1) is 12.4. The molecule has 0 spiro atoms. The van der Waals surface area contributed by atoms with Gasteiger partial charge in [-0.1, -0.05) is 18.2 Å². The Balaban J connectivity index is 1.86. The van der Waals surface area contributed by atoms with Crippen molar-refractivity contribution in [1.82, 2.24) is 4.31 Å². The van der Waals surface area contributed by atoms with Crippen LogP contribution in [0.1, 0.15) is 16.7 Å². The smallest absolute Gasteiger partial charge is 0.243 e. The molecule has 0 aromatic heterocycles. The highest BCUT2D eigenvalue weighted by Crippen LogP contribution is 2.32. The molecule has 3 rings (SSSR count). The highest BCUT2D eigenvalue weighted by Gasteiger charge is 2.32. The molecule has 1 aliphatic rings. The van der Waals surface area contributed by atoms with Crippen molar-refractivity contribution in [2.45, 2.75) is 25.7 Å². The summed E-state index contributed by atoms with van der Waals surface area (Å²) in [6.45, 7) is 7.95. The number of ether oxygens (including phenoxy) is 1. The van der Waals surface area contributed by atoms with E-state index in [1.807, 2.05) is 45.0 Å². The third-order valence-electron chi connectivity index (χ3n) is 5.16. The minimum absolute atomic E-state index is 0.420. The number of anilines is 1. The molecule has 0 aliphatic carbocycles. The van der Waals surface area contributed by atoms with E-state index in [1.165, 1.54) is 0 Å². The Labute approximate surface area is 156 Å². The van der Waals surface area contributed by atoms with Gasteiger partial charge in [-0.15, -0.1) is 0 Å². The van der Waals surface area contributed by atoms with Gasteiger partial charge in [0.05, 0.1) is 12.0 Å². The average molecular weight is 375 g/mol. The van der Waals surface area contributed by atoms with E-state index >= 15 is 0 Å². The molecule has 0 atom stereocenters. The van der Waals surface area contributed by atoms with E-state index in [0.717, 1.165) is 28.1 Å². The minimum atomic E-state index is -3.53. The molecule has 1 saturated heterocycles. The summed E-state index contributed by atoms with van der Waals surface area (Å²) in [4.78, 5) is 2.65. The van der Waals surface area contributed by atoms with E-state index in [9.17, 15) is 8.42 Å². The number of nitrogens with zero attached hydrogens (tertiary/aromatic N) is 2. The second-order valence-corrected chi connectivity index (χ2v) is 8.58. The van der Waals surface area contributed by atoms with Gasteiger partial charge in [-0.25, -0.2) is 8.42 Å². The topological polar surface area (TPSA) is 49.9 Å². The Kier molecular flexibility index (Phi) is 5.25. The van der Waals surface area contributed by atoms with E-state index < -0.39 is 10.0 Å². The number of rotatable bonds is 4. The first-order valence-electron chi connectivity index (χ1n) is 8.81. The lowest BCUT2D eigenvalue weighted by Crippen LogP contribution is -2.48. The van der Waals surface area contributed by atoms with Crippen LogP contribution >= 0.6 is 0 Å². The van der Waals surface area contributed by atoms with Gasteiger partial charge in [0.15, 0.2) is 0 Å². The van der Waals surface area contributed by atoms with Gasteiger partial charge in [-0.3, -0.25) is 0 Å². The maximum Gasteiger partial charge on any atom is 0.243 e. The van der Waals surface area contributed by atoms with Crippen molar-refractivity contribution < 1.29 is 13.2 Å². The summed E-state index contributed by atoms with van der Waals surface area (Å²) in [5.74, 6) is 0.729. The molecule has 0 radical (unpaired) electrons. The number of benzene rings is 2. The quantitative estimate of drug-likeness (QED) is 0.825. The molecule has 1 heterocycles. The molecule has 2 aromatic rings. The third-order valence-corrected chi connectivity index (χ3v) is 7.35. The fourth-order valence-corrected chi connectivity index (χ4v) is 5.49. The highest BCUT2D eigenvalue weighted by molar-refractivity contribution is 7.89. The molecule has 0 N–H and O–H groups in total. The molecule has 0 amide bonds. The maximum absolute atomic E-state index is 13.3. The van der Waals surface area contributed by atoms with Crippen LogP contribution in [0.2, 0.25) is 0 Å². The molecule has 140 valence electrons. The molecule has 0 saturated carbocycles. The van der Waals surface area contributed by atoms with E-state index in [4.69, 9.17) is 4.74 Å². The van der Waals surface area contributed by atoms with Gasteiger partial charge in [0.2, 0.25) is 10.0 Å². The van der Waals surface area contributed by atoms with Gasteiger partial charge in [0.1, 0.15) is 5.75 Å². The second-order valence-electron chi connectivity index (χ2n) is 6.70. The molecule has 0 bridgehead atoms. The largest absolute Gasteiger partial charge is 0.496 e. The molecule has 5 nitrogen and oxygen atoms in total. The average Bonchev–Trinajstić information content (AvgIpc) is 2.65. The summed E-state index contributed by atoms with van der Waals surface area (Å²) in [6.07, 6.45) is 0. The lowest BCUT2D eigenvalue weighted by molar-refractivity contribution is 0.384. The highest BCUT2D eigenvalue weighted by atomic mass is 32.2. The Bertz CT molecular complexity index is 887. The van der Waals surface area contributed by atoms with E-state index in [2.05, 4.69) is 17.0 Å². The van der Waals surface area contributed by atoms with Gasteiger partial charge in [-0.2, -0.15) is 4.31 Å². The van der Waals surface area contributed by atoms with Crippen LogP contribution in [-0.4, -0.2) is 46.0 Å². The first-order valence-corrected chi connectivity index (χ1v) is 10.2. The summed E-state index contributed by atoms with van der Waals surface area (Å²) in [5.41, 5.74) is 3.51. The number of piperazine rings is 1. The zero-order chi connectivity index (χ0) is 18.9. The Morgan fingerprint density at radius 1 is 0.923 bits per heavy atom. The molecule has 26 heavy (non-hydrogen) atoms. The number of hydrogen-bond donors (Lipinski definition) is 0. The molecular weight excluding hydrogens is 348 g/mol. The minimum Gasteiger partial charge on any atom is -0.496 e. The zero-order valence-corrected chi connectivity index (χ0v) is 16.6. The summed E-state index contributed by atoms with van der Waals surface area (Å²) in [6, 6.07) is 11.9. The summed E-state index contributed by atoms with van der Waals surface area (Å²) in [5, 5.41) is 0. The monoisotopic (exact) mass is 374 g/mol. The molecule has 2 aromatic carbocycles. The lowest BCUT2D eigenvalue weighted by atomic mass is 10.1. The Morgan fingerprint density at radius 3 is 2.12 bits per heavy atom. The predicted molar refractivity (Wildman–Crippen MR) is 105 cm³/mol. The second kappa shape index (κ2) is 7.29. The molecular formula is C20H26N2O3S. The predicted octanol–water partition coefficient (Wildman–Crippen LogP) is 3.13. The molecule has 6 heteroatoms. The van der Waals surface area contributed by atoms with E-state index in [0.29, 0.717) is 31.1 Å². The first kappa shape index (κ1) is 18.7. The van der Waals surface area contributed by atoms with Crippen molar-refractivity contribution in [1.29, 1.82) is 0 Å². The summed E-state index contributed by atoms with van der Waals surface area (Å²) >= 11 is 0. The van der Waals surface area contributed by atoms with Crippen LogP contribution in [0.15, 0.2) is 41.3 Å². The van der Waals surface area contributed by atoms with Crippen molar-refractivity contribution in [3.8, 4) is 5.75 Å².